The van der Waals surface area contributed by atoms with Crippen LogP contribution in [-0.2, 0) is 4.79 Å². The summed E-state index contributed by atoms with van der Waals surface area (Å²) in [6, 6.07) is 4.51. The Bertz CT molecular complexity index is 415. The molecule has 2 rings (SSSR count). The molecular weight excluding hydrogens is 219 g/mol. The van der Waals surface area contributed by atoms with Crippen LogP contribution in [0.4, 0.5) is 4.39 Å². The molecule has 0 radical (unpaired) electrons. The number of carbonyl (C=O) groups is 1. The van der Waals surface area contributed by atoms with Gasteiger partial charge in [-0.05, 0) is 37.8 Å². The molecule has 1 saturated carbocycles. The maximum absolute atomic E-state index is 13.0. The number of hydrogen-bond acceptors (Lipinski definition) is 2. The molecule has 0 amide bonds. The first-order valence-electron chi connectivity index (χ1n) is 6.08. The van der Waals surface area contributed by atoms with Crippen molar-refractivity contribution in [2.75, 3.05) is 6.61 Å². The van der Waals surface area contributed by atoms with Gasteiger partial charge in [0, 0.05) is 18.4 Å². The molecule has 1 fully saturated rings. The van der Waals surface area contributed by atoms with Crippen LogP contribution in [-0.4, -0.2) is 12.4 Å². The number of carbonyl (C=O) groups excluding carboxylic acids is 1. The summed E-state index contributed by atoms with van der Waals surface area (Å²) in [7, 11) is 0. The molecular formula is C14H17FO2. The Morgan fingerprint density at radius 2 is 2.29 bits per heavy atom. The third kappa shape index (κ3) is 3.05. The summed E-state index contributed by atoms with van der Waals surface area (Å²) >= 11 is 0. The van der Waals surface area contributed by atoms with Crippen molar-refractivity contribution in [2.45, 2.75) is 32.6 Å². The summed E-state index contributed by atoms with van der Waals surface area (Å²) in [6.45, 7) is 2.37. The van der Waals surface area contributed by atoms with Crippen LogP contribution in [0.15, 0.2) is 18.2 Å². The van der Waals surface area contributed by atoms with Crippen LogP contribution in [0.1, 0.15) is 31.2 Å². The number of ether oxygens (including phenoxy) is 1. The smallest absolute Gasteiger partial charge is 0.136 e. The van der Waals surface area contributed by atoms with Crippen LogP contribution < -0.4 is 4.74 Å². The van der Waals surface area contributed by atoms with E-state index in [-0.39, 0.29) is 11.7 Å². The van der Waals surface area contributed by atoms with E-state index in [0.717, 1.165) is 24.8 Å². The third-order valence-electron chi connectivity index (χ3n) is 3.31. The lowest BCUT2D eigenvalue weighted by molar-refractivity contribution is -0.121. The summed E-state index contributed by atoms with van der Waals surface area (Å²) in [5, 5.41) is 0. The fraction of sp³-hybridized carbons (Fsp3) is 0.500. The Labute approximate surface area is 101 Å². The number of hydrogen-bond donors (Lipinski definition) is 0. The Balaban J connectivity index is 1.85. The highest BCUT2D eigenvalue weighted by Crippen LogP contribution is 2.25. The van der Waals surface area contributed by atoms with Crippen molar-refractivity contribution in [1.29, 1.82) is 0 Å². The van der Waals surface area contributed by atoms with E-state index in [1.165, 1.54) is 12.1 Å². The van der Waals surface area contributed by atoms with E-state index in [1.807, 2.05) is 6.92 Å². The summed E-state index contributed by atoms with van der Waals surface area (Å²) in [6.07, 6.45) is 3.44. The van der Waals surface area contributed by atoms with E-state index in [0.29, 0.717) is 24.6 Å². The minimum absolute atomic E-state index is 0.156. The molecule has 0 saturated heterocycles. The van der Waals surface area contributed by atoms with Gasteiger partial charge in [-0.2, -0.15) is 0 Å². The number of ketones is 1. The van der Waals surface area contributed by atoms with E-state index in [1.54, 1.807) is 6.07 Å². The Morgan fingerprint density at radius 1 is 1.47 bits per heavy atom. The van der Waals surface area contributed by atoms with Crippen LogP contribution in [0.2, 0.25) is 0 Å². The van der Waals surface area contributed by atoms with Gasteiger partial charge >= 0.3 is 0 Å². The predicted molar refractivity (Wildman–Crippen MR) is 63.6 cm³/mol. The van der Waals surface area contributed by atoms with Gasteiger partial charge in [0.05, 0.1) is 6.61 Å². The molecule has 1 unspecified atom stereocenters. The van der Waals surface area contributed by atoms with Gasteiger partial charge in [-0.15, -0.1) is 0 Å². The fourth-order valence-electron chi connectivity index (χ4n) is 2.23. The average molecular weight is 236 g/mol. The summed E-state index contributed by atoms with van der Waals surface area (Å²) < 4.78 is 18.5. The number of halogens is 1. The number of benzene rings is 1. The topological polar surface area (TPSA) is 26.3 Å². The van der Waals surface area contributed by atoms with Crippen molar-refractivity contribution in [2.24, 2.45) is 5.92 Å². The highest BCUT2D eigenvalue weighted by atomic mass is 19.1. The molecule has 2 nitrogen and oxygen atoms in total. The maximum Gasteiger partial charge on any atom is 0.136 e. The van der Waals surface area contributed by atoms with Crippen LogP contribution in [0.25, 0.3) is 0 Å². The molecule has 1 aliphatic carbocycles. The summed E-state index contributed by atoms with van der Waals surface area (Å²) in [5.74, 6) is 0.798. The number of rotatable bonds is 4. The standard InChI is InChI=1S/C14H17FO2/c1-10-5-6-12(15)9-14(10)17-8-7-11-3-2-4-13(11)16/h5-6,9,11H,2-4,7-8H2,1H3. The van der Waals surface area contributed by atoms with E-state index in [4.69, 9.17) is 4.74 Å². The zero-order chi connectivity index (χ0) is 12.3. The minimum Gasteiger partial charge on any atom is -0.493 e. The second-order valence-electron chi connectivity index (χ2n) is 4.60. The van der Waals surface area contributed by atoms with Gasteiger partial charge in [-0.3, -0.25) is 4.79 Å². The van der Waals surface area contributed by atoms with Gasteiger partial charge in [0.1, 0.15) is 17.3 Å². The highest BCUT2D eigenvalue weighted by Gasteiger charge is 2.23. The highest BCUT2D eigenvalue weighted by molar-refractivity contribution is 5.82. The van der Waals surface area contributed by atoms with Crippen LogP contribution in [0, 0.1) is 18.7 Å². The number of Topliss-reactive ketones (excluding diaryl/α,β-unsaturated/α-hetero) is 1. The molecule has 0 heterocycles. The molecule has 17 heavy (non-hydrogen) atoms. The number of aryl methyl sites for hydroxylation is 1. The molecule has 0 bridgehead atoms. The first kappa shape index (κ1) is 12.1. The molecule has 1 aromatic carbocycles. The Kier molecular flexibility index (Phi) is 3.77. The molecule has 1 aliphatic rings. The maximum atomic E-state index is 13.0. The lowest BCUT2D eigenvalue weighted by Crippen LogP contribution is -2.11. The predicted octanol–water partition coefficient (Wildman–Crippen LogP) is 3.27. The molecule has 0 aromatic heterocycles. The summed E-state index contributed by atoms with van der Waals surface area (Å²) in [5.41, 5.74) is 0.921. The molecule has 1 atom stereocenters. The van der Waals surface area contributed by atoms with Crippen molar-refractivity contribution in [1.82, 2.24) is 0 Å². The normalized spacial score (nSPS) is 19.6. The van der Waals surface area contributed by atoms with Gasteiger partial charge in [0.25, 0.3) is 0 Å². The van der Waals surface area contributed by atoms with Crippen LogP contribution >= 0.6 is 0 Å². The first-order chi connectivity index (χ1) is 8.16. The van der Waals surface area contributed by atoms with E-state index in [9.17, 15) is 9.18 Å². The van der Waals surface area contributed by atoms with Crippen molar-refractivity contribution in [3.05, 3.63) is 29.6 Å². The minimum atomic E-state index is -0.289. The molecule has 0 spiro atoms. The second kappa shape index (κ2) is 5.30. The van der Waals surface area contributed by atoms with Crippen LogP contribution in [0.5, 0.6) is 5.75 Å². The lowest BCUT2D eigenvalue weighted by atomic mass is 10.0. The molecule has 0 aliphatic heterocycles. The average Bonchev–Trinajstić information content (AvgIpc) is 2.70. The molecule has 3 heteroatoms. The van der Waals surface area contributed by atoms with E-state index < -0.39 is 0 Å². The van der Waals surface area contributed by atoms with Crippen LogP contribution in [0.3, 0.4) is 0 Å². The van der Waals surface area contributed by atoms with Gasteiger partial charge in [-0.1, -0.05) is 6.07 Å². The largest absolute Gasteiger partial charge is 0.493 e. The zero-order valence-corrected chi connectivity index (χ0v) is 10.0. The Morgan fingerprint density at radius 3 is 3.00 bits per heavy atom. The second-order valence-corrected chi connectivity index (χ2v) is 4.60. The van der Waals surface area contributed by atoms with Gasteiger partial charge in [-0.25, -0.2) is 4.39 Å². The van der Waals surface area contributed by atoms with Gasteiger partial charge in [0.15, 0.2) is 0 Å². The lowest BCUT2D eigenvalue weighted by Gasteiger charge is -2.11. The van der Waals surface area contributed by atoms with Crippen molar-refractivity contribution in [3.8, 4) is 5.75 Å². The Hall–Kier alpha value is -1.38. The molecule has 0 N–H and O–H groups in total. The van der Waals surface area contributed by atoms with E-state index in [2.05, 4.69) is 0 Å². The van der Waals surface area contributed by atoms with Crippen molar-refractivity contribution in [3.63, 3.8) is 0 Å². The van der Waals surface area contributed by atoms with E-state index >= 15 is 0 Å². The van der Waals surface area contributed by atoms with Gasteiger partial charge < -0.3 is 4.74 Å². The monoisotopic (exact) mass is 236 g/mol. The molecule has 1 aromatic rings. The van der Waals surface area contributed by atoms with Crippen molar-refractivity contribution < 1.29 is 13.9 Å². The first-order valence-corrected chi connectivity index (χ1v) is 6.08. The zero-order valence-electron chi connectivity index (χ0n) is 10.0. The fourth-order valence-corrected chi connectivity index (χ4v) is 2.23. The third-order valence-corrected chi connectivity index (χ3v) is 3.31. The van der Waals surface area contributed by atoms with Gasteiger partial charge in [0.2, 0.25) is 0 Å². The van der Waals surface area contributed by atoms with Crippen molar-refractivity contribution >= 4 is 5.78 Å². The summed E-state index contributed by atoms with van der Waals surface area (Å²) in [4.78, 5) is 11.4. The molecule has 92 valence electrons. The quantitative estimate of drug-likeness (QED) is 0.802. The SMILES string of the molecule is Cc1ccc(F)cc1OCCC1CCCC1=O.